The summed E-state index contributed by atoms with van der Waals surface area (Å²) < 4.78 is 24.0. The molecule has 2 heterocycles. The van der Waals surface area contributed by atoms with Crippen LogP contribution in [-0.4, -0.2) is 103 Å². The number of carbonyl (C=O) groups is 4. The van der Waals surface area contributed by atoms with Crippen LogP contribution >= 0.6 is 7.44 Å². The first-order valence-corrected chi connectivity index (χ1v) is 17.4. The van der Waals surface area contributed by atoms with Gasteiger partial charge in [0.1, 0.15) is 12.1 Å². The summed E-state index contributed by atoms with van der Waals surface area (Å²) in [6.07, 6.45) is 5.52. The zero-order valence-corrected chi connectivity index (χ0v) is 28.6. The number of allylic oxidation sites excluding steroid dienone is 2. The maximum Gasteiger partial charge on any atom is 0.349 e. The Morgan fingerprint density at radius 3 is 2.18 bits per heavy atom. The van der Waals surface area contributed by atoms with Crippen LogP contribution < -0.4 is 15.5 Å². The molecular weight excluding hydrogens is 601 g/mol. The lowest BCUT2D eigenvalue weighted by Crippen LogP contribution is -2.62. The lowest BCUT2D eigenvalue weighted by Gasteiger charge is -2.49. The van der Waals surface area contributed by atoms with Crippen LogP contribution in [0.1, 0.15) is 73.6 Å². The maximum atomic E-state index is 13.9. The average molecular weight is 650 g/mol. The van der Waals surface area contributed by atoms with Gasteiger partial charge < -0.3 is 19.3 Å². The first kappa shape index (κ1) is 36.1. The molecule has 0 aromatic rings. The molecule has 3 aliphatic rings. The molecule has 0 bridgehead atoms. The van der Waals surface area contributed by atoms with Crippen LogP contribution in [0, 0.1) is 0 Å². The molecule has 0 radical (unpaired) electrons. The summed E-state index contributed by atoms with van der Waals surface area (Å²) >= 11 is 0. The van der Waals surface area contributed by atoms with Gasteiger partial charge in [-0.25, -0.2) is 20.0 Å². The SMILES string of the molecule is CCOC(=O)[C@H](C)NP(=O)(CCCCCCN1C2=NC(=O)NC(=O)C2=NC2=CC(C)=C(N(C)C)CC21C)N[C@@H](C)C(=O)OCC. The van der Waals surface area contributed by atoms with E-state index in [9.17, 15) is 23.7 Å². The molecule has 15 heteroatoms. The van der Waals surface area contributed by atoms with E-state index in [1.165, 1.54) is 0 Å². The molecule has 250 valence electrons. The zero-order chi connectivity index (χ0) is 33.5. The lowest BCUT2D eigenvalue weighted by atomic mass is 9.81. The van der Waals surface area contributed by atoms with E-state index in [0.717, 1.165) is 23.4 Å². The fourth-order valence-electron chi connectivity index (χ4n) is 5.72. The van der Waals surface area contributed by atoms with Crippen molar-refractivity contribution in [3.05, 3.63) is 23.0 Å². The molecule has 0 aromatic carbocycles. The standard InChI is InChI=1S/C30H48N7O7P/c1-9-43-27(39)20(4)34-45(42,35-21(5)28(40)44-10-2)16-14-12-11-13-15-37-25-24(26(38)33-29(41)32-25)31-23-17-19(3)22(36(7)8)18-30(23,37)6/h17,20-21H,9-16,18H2,1-8H3,(H,33,38,41)(H2,34,35,42)/t20-,21-,30?/m0/s1. The van der Waals surface area contributed by atoms with Gasteiger partial charge in [-0.3, -0.25) is 24.3 Å². The topological polar surface area (TPSA) is 171 Å². The van der Waals surface area contributed by atoms with Crippen molar-refractivity contribution in [3.63, 3.8) is 0 Å². The maximum absolute atomic E-state index is 13.9. The summed E-state index contributed by atoms with van der Waals surface area (Å²) in [6.45, 7) is 11.5. The van der Waals surface area contributed by atoms with Crippen molar-refractivity contribution in [1.29, 1.82) is 0 Å². The molecule has 2 aliphatic heterocycles. The molecular formula is C30H48N7O7P. The molecule has 3 atom stereocenters. The number of amides is 3. The first-order valence-electron chi connectivity index (χ1n) is 15.5. The highest BCUT2D eigenvalue weighted by molar-refractivity contribution is 7.59. The predicted molar refractivity (Wildman–Crippen MR) is 172 cm³/mol. The molecule has 0 spiro atoms. The molecule has 0 aromatic heterocycles. The largest absolute Gasteiger partial charge is 0.465 e. The lowest BCUT2D eigenvalue weighted by molar-refractivity contribution is -0.145. The molecule has 14 nitrogen and oxygen atoms in total. The number of nitrogens with one attached hydrogen (secondary N) is 3. The Morgan fingerprint density at radius 1 is 1.04 bits per heavy atom. The molecule has 1 unspecified atom stereocenters. The summed E-state index contributed by atoms with van der Waals surface area (Å²) in [5.74, 6) is -1.35. The Hall–Kier alpha value is -3.35. The molecule has 3 amide bonds. The minimum absolute atomic E-state index is 0.129. The number of hydrogen-bond donors (Lipinski definition) is 3. The number of esters is 2. The van der Waals surface area contributed by atoms with Gasteiger partial charge in [0, 0.05) is 38.9 Å². The molecule has 45 heavy (non-hydrogen) atoms. The zero-order valence-electron chi connectivity index (χ0n) is 27.7. The smallest absolute Gasteiger partial charge is 0.349 e. The number of fused-ring (bicyclic) bond motifs is 2. The summed E-state index contributed by atoms with van der Waals surface area (Å²) in [7, 11) is 0.581. The number of imide groups is 1. The number of ether oxygens (including phenoxy) is 2. The van der Waals surface area contributed by atoms with Crippen molar-refractivity contribution < 1.29 is 33.2 Å². The van der Waals surface area contributed by atoms with Gasteiger partial charge in [-0.05, 0) is 66.0 Å². The third-order valence-corrected chi connectivity index (χ3v) is 10.6. The van der Waals surface area contributed by atoms with Gasteiger partial charge in [-0.15, -0.1) is 0 Å². The summed E-state index contributed by atoms with van der Waals surface area (Å²) in [6, 6.07) is -2.39. The van der Waals surface area contributed by atoms with Crippen molar-refractivity contribution in [3.8, 4) is 0 Å². The average Bonchev–Trinajstić information content (AvgIpc) is 2.95. The monoisotopic (exact) mass is 649 g/mol. The normalized spacial score (nSPS) is 21.1. The quantitative estimate of drug-likeness (QED) is 0.128. The number of amidine groups is 1. The molecule has 3 rings (SSSR count). The Bertz CT molecular complexity index is 1330. The van der Waals surface area contributed by atoms with Crippen molar-refractivity contribution >= 4 is 42.9 Å². The van der Waals surface area contributed by atoms with Crippen LogP contribution in [0.25, 0.3) is 0 Å². The number of aliphatic imine (C=N–C) groups is 2. The van der Waals surface area contributed by atoms with E-state index >= 15 is 0 Å². The number of hydrogen-bond acceptors (Lipinski definition) is 10. The second-order valence-corrected chi connectivity index (χ2v) is 14.3. The van der Waals surface area contributed by atoms with E-state index < -0.39 is 48.9 Å². The molecule has 0 fully saturated rings. The summed E-state index contributed by atoms with van der Waals surface area (Å²) in [4.78, 5) is 62.4. The van der Waals surface area contributed by atoms with E-state index in [0.29, 0.717) is 32.2 Å². The van der Waals surface area contributed by atoms with Crippen LogP contribution in [-0.2, 0) is 28.4 Å². The highest BCUT2D eigenvalue weighted by Crippen LogP contribution is 2.42. The molecule has 1 aliphatic carbocycles. The fraction of sp³-hybridized carbons (Fsp3) is 0.667. The van der Waals surface area contributed by atoms with Crippen LogP contribution in [0.2, 0.25) is 0 Å². The van der Waals surface area contributed by atoms with Gasteiger partial charge in [0.2, 0.25) is 7.44 Å². The van der Waals surface area contributed by atoms with Crippen molar-refractivity contribution in [2.24, 2.45) is 9.98 Å². The van der Waals surface area contributed by atoms with Crippen molar-refractivity contribution in [2.75, 3.05) is 40.0 Å². The first-order chi connectivity index (χ1) is 21.2. The summed E-state index contributed by atoms with van der Waals surface area (Å²) in [5, 5.41) is 7.99. The van der Waals surface area contributed by atoms with E-state index in [2.05, 4.69) is 37.3 Å². The van der Waals surface area contributed by atoms with E-state index in [1.54, 1.807) is 27.7 Å². The Morgan fingerprint density at radius 2 is 1.62 bits per heavy atom. The number of nitrogens with zero attached hydrogens (tertiary/aromatic N) is 4. The second-order valence-electron chi connectivity index (χ2n) is 11.9. The molecule has 3 N–H and O–H groups in total. The van der Waals surface area contributed by atoms with Gasteiger partial charge in [0.15, 0.2) is 11.5 Å². The van der Waals surface area contributed by atoms with Crippen LogP contribution in [0.3, 0.4) is 0 Å². The van der Waals surface area contributed by atoms with Gasteiger partial charge in [-0.1, -0.05) is 12.8 Å². The second kappa shape index (κ2) is 15.3. The van der Waals surface area contributed by atoms with Gasteiger partial charge in [0.05, 0.1) is 24.4 Å². The Balaban J connectivity index is 1.70. The minimum Gasteiger partial charge on any atom is -0.465 e. The van der Waals surface area contributed by atoms with Gasteiger partial charge in [-0.2, -0.15) is 4.99 Å². The van der Waals surface area contributed by atoms with Crippen LogP contribution in [0.5, 0.6) is 0 Å². The third-order valence-electron chi connectivity index (χ3n) is 8.04. The highest BCUT2D eigenvalue weighted by atomic mass is 31.2. The molecule has 0 saturated carbocycles. The van der Waals surface area contributed by atoms with Gasteiger partial charge >= 0.3 is 18.0 Å². The highest BCUT2D eigenvalue weighted by Gasteiger charge is 2.48. The van der Waals surface area contributed by atoms with E-state index in [1.807, 2.05) is 32.0 Å². The van der Waals surface area contributed by atoms with Crippen molar-refractivity contribution in [1.82, 2.24) is 25.3 Å². The number of unbranched alkanes of at least 4 members (excludes halogenated alkanes) is 3. The van der Waals surface area contributed by atoms with Crippen molar-refractivity contribution in [2.45, 2.75) is 91.3 Å². The van der Waals surface area contributed by atoms with Gasteiger partial charge in [0.25, 0.3) is 5.91 Å². The minimum atomic E-state index is -3.39. The van der Waals surface area contributed by atoms with E-state index in [-0.39, 0.29) is 30.9 Å². The predicted octanol–water partition coefficient (Wildman–Crippen LogP) is 3.11. The summed E-state index contributed by atoms with van der Waals surface area (Å²) in [5.41, 5.74) is 2.44. The van der Waals surface area contributed by atoms with Crippen LogP contribution in [0.4, 0.5) is 4.79 Å². The van der Waals surface area contributed by atoms with Crippen LogP contribution in [0.15, 0.2) is 33.0 Å². The fourth-order valence-corrected chi connectivity index (χ4v) is 8.18. The van der Waals surface area contributed by atoms with E-state index in [4.69, 9.17) is 9.47 Å². The third kappa shape index (κ3) is 8.68. The number of urea groups is 1. The number of carbonyl (C=O) groups excluding carboxylic acids is 4. The molecule has 0 saturated heterocycles. The Labute approximate surface area is 265 Å². The Kier molecular flexibility index (Phi) is 12.3. The number of rotatable bonds is 16.